The Morgan fingerprint density at radius 2 is 2.00 bits per heavy atom. The summed E-state index contributed by atoms with van der Waals surface area (Å²) in [5.41, 5.74) is 1.24. The first-order valence-electron chi connectivity index (χ1n) is 7.85. The first-order valence-corrected chi connectivity index (χ1v) is 7.85. The third kappa shape index (κ3) is 3.88. The van der Waals surface area contributed by atoms with Crippen LogP contribution in [0.5, 0.6) is 5.75 Å². The van der Waals surface area contributed by atoms with Crippen molar-refractivity contribution in [2.75, 3.05) is 5.32 Å². The number of amides is 1. The highest BCUT2D eigenvalue weighted by Crippen LogP contribution is 2.20. The van der Waals surface area contributed by atoms with Crippen molar-refractivity contribution in [1.82, 2.24) is 5.16 Å². The summed E-state index contributed by atoms with van der Waals surface area (Å²) in [5.74, 6) is -0.681. The van der Waals surface area contributed by atoms with Gasteiger partial charge in [0.2, 0.25) is 0 Å². The summed E-state index contributed by atoms with van der Waals surface area (Å²) in [6.45, 7) is 3.24. The van der Waals surface area contributed by atoms with E-state index in [2.05, 4.69) is 10.5 Å². The highest BCUT2D eigenvalue weighted by atomic mass is 19.1. The number of aromatic nitrogens is 1. The van der Waals surface area contributed by atoms with Crippen molar-refractivity contribution in [2.24, 2.45) is 0 Å². The van der Waals surface area contributed by atoms with Crippen LogP contribution in [0.1, 0.15) is 27.4 Å². The lowest BCUT2D eigenvalue weighted by Crippen LogP contribution is -2.15. The smallest absolute Gasteiger partial charge is 0.278 e. The van der Waals surface area contributed by atoms with Gasteiger partial charge in [0, 0.05) is 11.8 Å². The minimum absolute atomic E-state index is 0.0240. The number of carbonyl (C=O) groups is 1. The maximum Gasteiger partial charge on any atom is 0.278 e. The zero-order chi connectivity index (χ0) is 18.7. The SMILES string of the molecule is Cc1ccc(NC(=O)c2noc(C)c2COc2cccc(F)c2)cc1F. The molecule has 0 atom stereocenters. The molecule has 0 saturated carbocycles. The number of rotatable bonds is 5. The van der Waals surface area contributed by atoms with Gasteiger partial charge in [-0.05, 0) is 43.7 Å². The van der Waals surface area contributed by atoms with Gasteiger partial charge >= 0.3 is 0 Å². The predicted molar refractivity (Wildman–Crippen MR) is 91.1 cm³/mol. The van der Waals surface area contributed by atoms with Gasteiger partial charge in [0.05, 0.1) is 5.56 Å². The molecule has 3 aromatic rings. The summed E-state index contributed by atoms with van der Waals surface area (Å²) >= 11 is 0. The number of carbonyl (C=O) groups excluding carboxylic acids is 1. The second kappa shape index (κ2) is 7.35. The number of hydrogen-bond acceptors (Lipinski definition) is 4. The summed E-state index contributed by atoms with van der Waals surface area (Å²) in [6.07, 6.45) is 0. The maximum atomic E-state index is 13.6. The first-order chi connectivity index (χ1) is 12.4. The molecule has 7 heteroatoms. The zero-order valence-corrected chi connectivity index (χ0v) is 14.2. The normalized spacial score (nSPS) is 10.6. The van der Waals surface area contributed by atoms with Crippen molar-refractivity contribution < 1.29 is 22.8 Å². The highest BCUT2D eigenvalue weighted by Gasteiger charge is 2.21. The number of hydrogen-bond donors (Lipinski definition) is 1. The minimum atomic E-state index is -0.553. The Morgan fingerprint density at radius 3 is 2.73 bits per heavy atom. The van der Waals surface area contributed by atoms with Crippen LogP contribution in [0.15, 0.2) is 47.0 Å². The number of anilines is 1. The fourth-order valence-corrected chi connectivity index (χ4v) is 2.31. The molecule has 1 amide bonds. The van der Waals surface area contributed by atoms with Gasteiger partial charge in [0.25, 0.3) is 5.91 Å². The lowest BCUT2D eigenvalue weighted by Gasteiger charge is -2.08. The van der Waals surface area contributed by atoms with E-state index in [4.69, 9.17) is 9.26 Å². The van der Waals surface area contributed by atoms with Crippen LogP contribution in [-0.4, -0.2) is 11.1 Å². The Hall–Kier alpha value is -3.22. The second-order valence-corrected chi connectivity index (χ2v) is 5.73. The van der Waals surface area contributed by atoms with Gasteiger partial charge < -0.3 is 14.6 Å². The monoisotopic (exact) mass is 358 g/mol. The second-order valence-electron chi connectivity index (χ2n) is 5.73. The predicted octanol–water partition coefficient (Wildman–Crippen LogP) is 4.40. The Bertz CT molecular complexity index is 954. The fourth-order valence-electron chi connectivity index (χ4n) is 2.31. The van der Waals surface area contributed by atoms with Crippen LogP contribution >= 0.6 is 0 Å². The van der Waals surface area contributed by atoms with Crippen LogP contribution in [0, 0.1) is 25.5 Å². The Labute approximate surface area is 148 Å². The van der Waals surface area contributed by atoms with Crippen LogP contribution in [-0.2, 0) is 6.61 Å². The third-order valence-electron chi connectivity index (χ3n) is 3.81. The average Bonchev–Trinajstić information content (AvgIpc) is 2.97. The van der Waals surface area contributed by atoms with Crippen molar-refractivity contribution in [3.05, 3.63) is 76.7 Å². The molecule has 0 radical (unpaired) electrons. The standard InChI is InChI=1S/C19H16F2N2O3/c1-11-6-7-14(9-17(11)21)22-19(24)18-16(12(2)26-23-18)10-25-15-5-3-4-13(20)8-15/h3-9H,10H2,1-2H3,(H,22,24). The van der Waals surface area contributed by atoms with Crippen molar-refractivity contribution in [3.63, 3.8) is 0 Å². The third-order valence-corrected chi connectivity index (χ3v) is 3.81. The molecule has 134 valence electrons. The minimum Gasteiger partial charge on any atom is -0.489 e. The molecule has 0 aliphatic rings. The summed E-state index contributed by atoms with van der Waals surface area (Å²) in [5, 5.41) is 6.32. The van der Waals surface area contributed by atoms with Crippen molar-refractivity contribution in [3.8, 4) is 5.75 Å². The van der Waals surface area contributed by atoms with Crippen LogP contribution in [0.25, 0.3) is 0 Å². The van der Waals surface area contributed by atoms with Gasteiger partial charge in [-0.1, -0.05) is 17.3 Å². The van der Waals surface area contributed by atoms with Crippen LogP contribution in [0.3, 0.4) is 0 Å². The number of aryl methyl sites for hydroxylation is 2. The molecule has 1 heterocycles. The molecule has 0 aliphatic carbocycles. The Morgan fingerprint density at radius 1 is 1.19 bits per heavy atom. The van der Waals surface area contributed by atoms with E-state index >= 15 is 0 Å². The van der Waals surface area contributed by atoms with Gasteiger partial charge in [0.15, 0.2) is 5.69 Å². The lowest BCUT2D eigenvalue weighted by atomic mass is 10.2. The van der Waals surface area contributed by atoms with Gasteiger partial charge in [-0.2, -0.15) is 0 Å². The maximum absolute atomic E-state index is 13.6. The molecule has 0 aliphatic heterocycles. The van der Waals surface area contributed by atoms with E-state index in [0.717, 1.165) is 0 Å². The van der Waals surface area contributed by atoms with E-state index < -0.39 is 17.5 Å². The molecule has 1 aromatic heterocycles. The van der Waals surface area contributed by atoms with Crippen LogP contribution < -0.4 is 10.1 Å². The Kier molecular flexibility index (Phi) is 4.97. The molecular formula is C19H16F2N2O3. The van der Waals surface area contributed by atoms with E-state index in [1.165, 1.54) is 24.3 Å². The van der Waals surface area contributed by atoms with Gasteiger partial charge in [0.1, 0.15) is 29.8 Å². The highest BCUT2D eigenvalue weighted by molar-refractivity contribution is 6.03. The molecule has 3 rings (SSSR count). The quantitative estimate of drug-likeness (QED) is 0.734. The van der Waals surface area contributed by atoms with Crippen LogP contribution in [0.4, 0.5) is 14.5 Å². The Balaban J connectivity index is 1.76. The average molecular weight is 358 g/mol. The van der Waals surface area contributed by atoms with Gasteiger partial charge in [-0.3, -0.25) is 4.79 Å². The fraction of sp³-hybridized carbons (Fsp3) is 0.158. The molecule has 26 heavy (non-hydrogen) atoms. The van der Waals surface area contributed by atoms with E-state index in [1.807, 2.05) is 0 Å². The molecule has 0 bridgehead atoms. The molecule has 0 spiro atoms. The molecule has 0 saturated heterocycles. The van der Waals surface area contributed by atoms with Crippen molar-refractivity contribution in [2.45, 2.75) is 20.5 Å². The van der Waals surface area contributed by atoms with Crippen LogP contribution in [0.2, 0.25) is 0 Å². The molecule has 0 unspecified atom stereocenters. The largest absolute Gasteiger partial charge is 0.489 e. The number of benzene rings is 2. The molecule has 2 aromatic carbocycles. The van der Waals surface area contributed by atoms with E-state index in [9.17, 15) is 13.6 Å². The topological polar surface area (TPSA) is 64.4 Å². The molecule has 0 fully saturated rings. The number of nitrogens with one attached hydrogen (secondary N) is 1. The van der Waals surface area contributed by atoms with E-state index in [0.29, 0.717) is 28.3 Å². The number of halogens is 2. The van der Waals surface area contributed by atoms with E-state index in [-0.39, 0.29) is 12.3 Å². The number of nitrogens with zero attached hydrogens (tertiary/aromatic N) is 1. The molecular weight excluding hydrogens is 342 g/mol. The summed E-state index contributed by atoms with van der Waals surface area (Å²) in [6, 6.07) is 10.0. The molecule has 1 N–H and O–H groups in total. The first kappa shape index (κ1) is 17.6. The summed E-state index contributed by atoms with van der Waals surface area (Å²) < 4.78 is 37.4. The van der Waals surface area contributed by atoms with Crippen molar-refractivity contribution >= 4 is 11.6 Å². The van der Waals surface area contributed by atoms with E-state index in [1.54, 1.807) is 32.0 Å². The van der Waals surface area contributed by atoms with Gasteiger partial charge in [-0.25, -0.2) is 8.78 Å². The summed E-state index contributed by atoms with van der Waals surface area (Å²) in [4.78, 5) is 12.4. The number of ether oxygens (including phenoxy) is 1. The zero-order valence-electron chi connectivity index (χ0n) is 14.2. The summed E-state index contributed by atoms with van der Waals surface area (Å²) in [7, 11) is 0. The lowest BCUT2D eigenvalue weighted by molar-refractivity contribution is 0.101. The molecule has 5 nitrogen and oxygen atoms in total. The van der Waals surface area contributed by atoms with Gasteiger partial charge in [-0.15, -0.1) is 0 Å². The van der Waals surface area contributed by atoms with Crippen molar-refractivity contribution in [1.29, 1.82) is 0 Å².